The summed E-state index contributed by atoms with van der Waals surface area (Å²) in [5.41, 5.74) is 0. The van der Waals surface area contributed by atoms with Crippen LogP contribution in [0, 0.1) is 0 Å². The van der Waals surface area contributed by atoms with Gasteiger partial charge in [-0.25, -0.2) is 0 Å². The van der Waals surface area contributed by atoms with Crippen molar-refractivity contribution in [1.29, 1.82) is 0 Å². The molecule has 14 heavy (non-hydrogen) atoms. The van der Waals surface area contributed by atoms with Crippen LogP contribution in [0.25, 0.3) is 0 Å². The molecule has 0 amide bonds. The van der Waals surface area contributed by atoms with Crippen molar-refractivity contribution in [2.24, 2.45) is 0 Å². The maximum absolute atomic E-state index is 2.40. The fraction of sp³-hybridized carbons (Fsp3) is 1.00. The zero-order valence-corrected chi connectivity index (χ0v) is 15.5. The monoisotopic (exact) mass is 320 g/mol. The number of rotatable bonds is 3. The Hall–Kier alpha value is 1.09. The molecule has 84 valence electrons. The van der Waals surface area contributed by atoms with Gasteiger partial charge >= 0.3 is 105 Å². The van der Waals surface area contributed by atoms with E-state index in [2.05, 4.69) is 71.9 Å². The van der Waals surface area contributed by atoms with Crippen LogP contribution in [-0.4, -0.2) is 30.9 Å². The summed E-state index contributed by atoms with van der Waals surface area (Å²) in [7, 11) is 0. The third-order valence-electron chi connectivity index (χ3n) is 2.00. The molecule has 0 aliphatic rings. The van der Waals surface area contributed by atoms with Gasteiger partial charge < -0.3 is 0 Å². The van der Waals surface area contributed by atoms with E-state index in [1.807, 2.05) is 0 Å². The van der Waals surface area contributed by atoms with Crippen molar-refractivity contribution in [2.75, 3.05) is 0 Å². The molecule has 0 bridgehead atoms. The van der Waals surface area contributed by atoms with Gasteiger partial charge in [-0.3, -0.25) is 0 Å². The summed E-state index contributed by atoms with van der Waals surface area (Å²) in [6.45, 7) is 18.7. The Labute approximate surface area is 105 Å². The van der Waals surface area contributed by atoms with Crippen molar-refractivity contribution in [1.82, 2.24) is 0 Å². The van der Waals surface area contributed by atoms with Crippen LogP contribution >= 0.6 is 0 Å². The second-order valence-electron chi connectivity index (χ2n) is 5.12. The predicted octanol–water partition coefficient (Wildman–Crippen LogP) is 4.69. The molecule has 4 radical (unpaired) electrons. The molecular formula is C12H28Ge2. The van der Waals surface area contributed by atoms with E-state index in [0.29, 0.717) is 0 Å². The third kappa shape index (κ3) is 11.2. The molecule has 0 atom stereocenters. The van der Waals surface area contributed by atoms with Gasteiger partial charge in [0.05, 0.1) is 0 Å². The van der Waals surface area contributed by atoms with Gasteiger partial charge in [-0.05, 0) is 0 Å². The molecule has 0 N–H and O–H groups in total. The molecule has 2 heteroatoms. The average Bonchev–Trinajstić information content (AvgIpc) is 1.80. The van der Waals surface area contributed by atoms with E-state index >= 15 is 0 Å². The van der Waals surface area contributed by atoms with E-state index in [0.717, 1.165) is 19.0 Å². The SMILES string of the molecule is C[CH](C)[Ge].C[CH](C)[Ge]([CH](C)C)[CH](C)C. The van der Waals surface area contributed by atoms with Crippen LogP contribution in [0.2, 0.25) is 19.0 Å². The molecule has 0 rings (SSSR count). The van der Waals surface area contributed by atoms with Gasteiger partial charge in [-0.15, -0.1) is 0 Å². The van der Waals surface area contributed by atoms with Crippen molar-refractivity contribution in [2.45, 2.75) is 74.4 Å². The second-order valence-corrected chi connectivity index (χ2v) is 16.9. The molecule has 0 saturated carbocycles. The quantitative estimate of drug-likeness (QED) is 0.662. The first kappa shape index (κ1) is 17.5. The van der Waals surface area contributed by atoms with Gasteiger partial charge in [0.1, 0.15) is 0 Å². The van der Waals surface area contributed by atoms with Gasteiger partial charge in [0.2, 0.25) is 0 Å². The Bertz CT molecular complexity index is 95.7. The van der Waals surface area contributed by atoms with Crippen molar-refractivity contribution in [3.8, 4) is 0 Å². The van der Waals surface area contributed by atoms with Gasteiger partial charge in [0, 0.05) is 0 Å². The minimum absolute atomic E-state index is 0.722. The van der Waals surface area contributed by atoms with Crippen LogP contribution in [0.15, 0.2) is 0 Å². The van der Waals surface area contributed by atoms with Crippen molar-refractivity contribution >= 4 is 30.9 Å². The number of hydrogen-bond acceptors (Lipinski definition) is 0. The first-order chi connectivity index (χ1) is 6.20. The van der Waals surface area contributed by atoms with Crippen molar-refractivity contribution in [3.63, 3.8) is 0 Å². The van der Waals surface area contributed by atoms with Gasteiger partial charge in [0.15, 0.2) is 0 Å². The van der Waals surface area contributed by atoms with Crippen LogP contribution in [0.5, 0.6) is 0 Å². The zero-order chi connectivity index (χ0) is 11.9. The molecule has 0 unspecified atom stereocenters. The molecule has 0 aromatic heterocycles. The van der Waals surface area contributed by atoms with E-state index in [-0.39, 0.29) is 0 Å². The van der Waals surface area contributed by atoms with E-state index in [1.165, 1.54) is 0 Å². The summed E-state index contributed by atoms with van der Waals surface area (Å²) >= 11 is 1.44. The van der Waals surface area contributed by atoms with E-state index in [1.54, 1.807) is 0 Å². The Kier molecular flexibility index (Phi) is 11.6. The van der Waals surface area contributed by atoms with Crippen LogP contribution in [0.1, 0.15) is 55.4 Å². The molecule has 0 heterocycles. The third-order valence-corrected chi connectivity index (χ3v) is 10.4. The molecule has 0 aliphatic carbocycles. The first-order valence-corrected chi connectivity index (χ1v) is 10.6. The predicted molar refractivity (Wildman–Crippen MR) is 71.9 cm³/mol. The minimum atomic E-state index is -0.722. The molecule has 0 saturated heterocycles. The molecular weight excluding hydrogens is 289 g/mol. The van der Waals surface area contributed by atoms with Crippen LogP contribution in [-0.2, 0) is 0 Å². The zero-order valence-electron chi connectivity index (χ0n) is 11.3. The fourth-order valence-corrected chi connectivity index (χ4v) is 10.4. The summed E-state index contributed by atoms with van der Waals surface area (Å²) in [5, 5.41) is 0. The summed E-state index contributed by atoms with van der Waals surface area (Å²) in [5.74, 6) is 0. The Morgan fingerprint density at radius 1 is 0.643 bits per heavy atom. The average molecular weight is 318 g/mol. The molecule has 0 fully saturated rings. The topological polar surface area (TPSA) is 0 Å². The van der Waals surface area contributed by atoms with E-state index in [4.69, 9.17) is 0 Å². The molecule has 0 nitrogen and oxygen atoms in total. The molecule has 0 spiro atoms. The van der Waals surface area contributed by atoms with E-state index < -0.39 is 14.3 Å². The molecule has 0 aliphatic heterocycles. The summed E-state index contributed by atoms with van der Waals surface area (Å²) in [6.07, 6.45) is 0. The molecule has 0 aromatic carbocycles. The summed E-state index contributed by atoms with van der Waals surface area (Å²) in [6, 6.07) is 0. The van der Waals surface area contributed by atoms with Crippen LogP contribution in [0.3, 0.4) is 0 Å². The Morgan fingerprint density at radius 2 is 0.786 bits per heavy atom. The van der Waals surface area contributed by atoms with Crippen molar-refractivity contribution in [3.05, 3.63) is 0 Å². The van der Waals surface area contributed by atoms with Crippen LogP contribution < -0.4 is 0 Å². The van der Waals surface area contributed by atoms with E-state index in [9.17, 15) is 0 Å². The summed E-state index contributed by atoms with van der Waals surface area (Å²) < 4.78 is 3.83. The summed E-state index contributed by atoms with van der Waals surface area (Å²) in [4.78, 5) is 0. The normalized spacial score (nSPS) is 11.6. The standard InChI is InChI=1S/C9H21Ge.C3H7Ge/c1-7(2)10(8(3)4)9(5)6;1-3(2)4/h7-9H,1-6H3;3H,1-2H3. The number of hydrogen-bond donors (Lipinski definition) is 0. The Morgan fingerprint density at radius 3 is 0.786 bits per heavy atom. The fourth-order valence-electron chi connectivity index (χ4n) is 2.00. The molecule has 0 aromatic rings. The van der Waals surface area contributed by atoms with Gasteiger partial charge in [-0.2, -0.15) is 0 Å². The second kappa shape index (κ2) is 9.32. The first-order valence-electron chi connectivity index (χ1n) is 5.77. The van der Waals surface area contributed by atoms with Crippen molar-refractivity contribution < 1.29 is 0 Å². The van der Waals surface area contributed by atoms with Crippen LogP contribution in [0.4, 0.5) is 0 Å². The maximum atomic E-state index is 2.40. The van der Waals surface area contributed by atoms with Gasteiger partial charge in [-0.1, -0.05) is 0 Å². The Balaban J connectivity index is 0. The van der Waals surface area contributed by atoms with Gasteiger partial charge in [0.25, 0.3) is 0 Å².